The summed E-state index contributed by atoms with van der Waals surface area (Å²) < 4.78 is 17.0. The number of likely N-dealkylation sites (tertiary alicyclic amines) is 1. The largest absolute Gasteiger partial charge is 0.497 e. The summed E-state index contributed by atoms with van der Waals surface area (Å²) in [7, 11) is 1.63. The van der Waals surface area contributed by atoms with Gasteiger partial charge in [-0.1, -0.05) is 23.7 Å². The van der Waals surface area contributed by atoms with Crippen LogP contribution < -0.4 is 19.7 Å². The number of fused-ring (bicyclic) bond motifs is 1. The summed E-state index contributed by atoms with van der Waals surface area (Å²) in [6.45, 7) is 7.84. The molecule has 0 atom stereocenters. The molecule has 0 spiro atoms. The molecule has 1 fully saturated rings. The predicted molar refractivity (Wildman–Crippen MR) is 177 cm³/mol. The smallest absolute Gasteiger partial charge is 0.410 e. The van der Waals surface area contributed by atoms with E-state index in [4.69, 9.17) is 25.8 Å². The molecule has 244 valence electrons. The molecule has 11 nitrogen and oxygen atoms in total. The number of carbonyl (C=O) groups is 2. The van der Waals surface area contributed by atoms with Crippen molar-refractivity contribution in [3.05, 3.63) is 70.5 Å². The average molecular weight is 650 g/mol. The van der Waals surface area contributed by atoms with Crippen LogP contribution in [0.25, 0.3) is 6.08 Å². The summed E-state index contributed by atoms with van der Waals surface area (Å²) in [5, 5.41) is 13.6. The Morgan fingerprint density at radius 2 is 1.80 bits per heavy atom. The van der Waals surface area contributed by atoms with Gasteiger partial charge in [-0.3, -0.25) is 0 Å². The van der Waals surface area contributed by atoms with Gasteiger partial charge in [-0.25, -0.2) is 19.6 Å². The molecule has 0 saturated carbocycles. The van der Waals surface area contributed by atoms with Crippen LogP contribution in [-0.2, 0) is 16.1 Å². The van der Waals surface area contributed by atoms with E-state index in [2.05, 4.69) is 20.2 Å². The Bertz CT molecular complexity index is 1580. The zero-order valence-corrected chi connectivity index (χ0v) is 27.3. The number of nitrogens with zero attached hydrogens (tertiary/aromatic N) is 4. The van der Waals surface area contributed by atoms with Crippen LogP contribution in [0.5, 0.6) is 11.5 Å². The van der Waals surface area contributed by atoms with Crippen molar-refractivity contribution < 1.29 is 28.9 Å². The summed E-state index contributed by atoms with van der Waals surface area (Å²) >= 11 is 6.67. The number of ether oxygens (including phenoxy) is 3. The molecule has 3 aromatic rings. The van der Waals surface area contributed by atoms with Gasteiger partial charge in [-0.2, -0.15) is 0 Å². The number of methoxy groups -OCH3 is 1. The highest BCUT2D eigenvalue weighted by Gasteiger charge is 2.28. The summed E-state index contributed by atoms with van der Waals surface area (Å²) in [5.74, 6) is 1.45. The van der Waals surface area contributed by atoms with E-state index < -0.39 is 11.6 Å². The van der Waals surface area contributed by atoms with Crippen molar-refractivity contribution in [2.45, 2.75) is 64.7 Å². The first-order valence-corrected chi connectivity index (χ1v) is 15.7. The summed E-state index contributed by atoms with van der Waals surface area (Å²) in [6, 6.07) is 13.2. The second-order valence-electron chi connectivity index (χ2n) is 12.4. The number of benzene rings is 2. The molecular formula is C34H40ClN5O6. The topological polar surface area (TPSA) is 126 Å². The van der Waals surface area contributed by atoms with E-state index in [1.54, 1.807) is 30.2 Å². The van der Waals surface area contributed by atoms with E-state index in [9.17, 15) is 14.7 Å². The van der Waals surface area contributed by atoms with Gasteiger partial charge in [0.25, 0.3) is 0 Å². The Morgan fingerprint density at radius 3 is 2.46 bits per heavy atom. The van der Waals surface area contributed by atoms with Gasteiger partial charge in [0.2, 0.25) is 0 Å². The maximum atomic E-state index is 12.4. The molecule has 0 bridgehead atoms. The first-order valence-electron chi connectivity index (χ1n) is 15.4. The predicted octanol–water partition coefficient (Wildman–Crippen LogP) is 6.93. The van der Waals surface area contributed by atoms with Gasteiger partial charge in [0.15, 0.2) is 0 Å². The van der Waals surface area contributed by atoms with Crippen molar-refractivity contribution in [1.82, 2.24) is 14.9 Å². The summed E-state index contributed by atoms with van der Waals surface area (Å²) in [6.07, 6.45) is 5.12. The minimum Gasteiger partial charge on any atom is -0.497 e. The lowest BCUT2D eigenvalue weighted by atomic mass is 10.0. The molecule has 0 unspecified atom stereocenters. The van der Waals surface area contributed by atoms with Crippen LogP contribution in [-0.4, -0.2) is 70.5 Å². The molecule has 46 heavy (non-hydrogen) atoms. The molecule has 2 aliphatic heterocycles. The highest BCUT2D eigenvalue weighted by Crippen LogP contribution is 2.35. The minimum absolute atomic E-state index is 0.0900. The van der Waals surface area contributed by atoms with E-state index in [-0.39, 0.29) is 12.2 Å². The first kappa shape index (κ1) is 32.9. The van der Waals surface area contributed by atoms with Crippen LogP contribution in [0.1, 0.15) is 57.6 Å². The molecule has 1 saturated heterocycles. The zero-order valence-electron chi connectivity index (χ0n) is 26.6. The number of halogens is 1. The third-order valence-electron chi connectivity index (χ3n) is 7.74. The number of anilines is 3. The molecule has 2 N–H and O–H groups in total. The van der Waals surface area contributed by atoms with Gasteiger partial charge >= 0.3 is 12.1 Å². The van der Waals surface area contributed by atoms with Crippen molar-refractivity contribution in [1.29, 1.82) is 0 Å². The van der Waals surface area contributed by atoms with Gasteiger partial charge in [-0.05, 0) is 75.6 Å². The van der Waals surface area contributed by atoms with Crippen LogP contribution in [0.3, 0.4) is 0 Å². The van der Waals surface area contributed by atoms with Crippen molar-refractivity contribution in [2.24, 2.45) is 0 Å². The van der Waals surface area contributed by atoms with E-state index in [0.29, 0.717) is 91.1 Å². The van der Waals surface area contributed by atoms with Crippen LogP contribution >= 0.6 is 11.6 Å². The third kappa shape index (κ3) is 8.39. The molecule has 0 aliphatic carbocycles. The number of carboxylic acid groups (broad SMARTS) is 1. The molecule has 1 aromatic heterocycles. The van der Waals surface area contributed by atoms with Crippen LogP contribution in [0.4, 0.5) is 22.1 Å². The van der Waals surface area contributed by atoms with Crippen molar-refractivity contribution in [3.8, 4) is 11.5 Å². The van der Waals surface area contributed by atoms with E-state index >= 15 is 0 Å². The third-order valence-corrected chi connectivity index (χ3v) is 8.04. The molecule has 2 aliphatic rings. The first-order chi connectivity index (χ1) is 22.0. The Labute approximate surface area is 274 Å². The molecule has 12 heteroatoms. The van der Waals surface area contributed by atoms with Gasteiger partial charge in [0.05, 0.1) is 17.7 Å². The van der Waals surface area contributed by atoms with E-state index in [1.165, 1.54) is 6.33 Å². The average Bonchev–Trinajstić information content (AvgIpc) is 3.00. The Hall–Kier alpha value is -4.51. The molecule has 3 heterocycles. The van der Waals surface area contributed by atoms with Gasteiger partial charge < -0.3 is 34.4 Å². The summed E-state index contributed by atoms with van der Waals surface area (Å²) in [4.78, 5) is 37.4. The van der Waals surface area contributed by atoms with E-state index in [0.717, 1.165) is 11.3 Å². The zero-order chi connectivity index (χ0) is 32.8. The van der Waals surface area contributed by atoms with Gasteiger partial charge in [-0.15, -0.1) is 0 Å². The Morgan fingerprint density at radius 1 is 1.07 bits per heavy atom. The number of piperidine rings is 1. The van der Waals surface area contributed by atoms with Crippen molar-refractivity contribution in [3.63, 3.8) is 0 Å². The highest BCUT2D eigenvalue weighted by atomic mass is 35.5. The van der Waals surface area contributed by atoms with Gasteiger partial charge in [0.1, 0.15) is 41.2 Å². The van der Waals surface area contributed by atoms with Gasteiger partial charge in [0, 0.05) is 50.3 Å². The monoisotopic (exact) mass is 649 g/mol. The van der Waals surface area contributed by atoms with Crippen LogP contribution in [0.15, 0.2) is 54.4 Å². The fraction of sp³-hybridized carbons (Fsp3) is 0.412. The molecular weight excluding hydrogens is 610 g/mol. The quantitative estimate of drug-likeness (QED) is 0.265. The highest BCUT2D eigenvalue weighted by molar-refractivity contribution is 6.32. The second kappa shape index (κ2) is 14.3. The Balaban J connectivity index is 1.32. The normalized spacial score (nSPS) is 16.8. The number of aliphatic carboxylic acids is 1. The minimum atomic E-state index is -0.967. The van der Waals surface area contributed by atoms with Crippen LogP contribution in [0.2, 0.25) is 5.02 Å². The van der Waals surface area contributed by atoms with Crippen LogP contribution in [0, 0.1) is 0 Å². The molecule has 2 aromatic carbocycles. The number of carboxylic acids is 1. The lowest BCUT2D eigenvalue weighted by molar-refractivity contribution is -0.132. The number of aromatic nitrogens is 2. The SMILES string of the molecule is COc1ccc(CN2CCC/C(C(=O)O)=C\c3c(Nc4ccc(OC5CCN(C(=O)OC(C)(C)C)CC5)c(Cl)c4)ncnc32)cc1. The maximum absolute atomic E-state index is 12.4. The fourth-order valence-electron chi connectivity index (χ4n) is 5.43. The standard InChI is InChI=1S/C34H40ClN5O6/c1-34(2,3)46-33(43)39-16-13-26(14-17-39)45-29-12-9-24(19-28(29)35)38-30-27-18-23(32(41)42)6-5-15-40(31(27)37-21-36-30)20-22-7-10-25(44-4)11-8-22/h7-12,18-19,21,26H,5-6,13-17,20H2,1-4H3,(H,41,42)(H,36,37,38)/b23-18+. The number of carbonyl (C=O) groups excluding carboxylic acids is 1. The Kier molecular flexibility index (Phi) is 10.2. The molecule has 5 rings (SSSR count). The summed E-state index contributed by atoms with van der Waals surface area (Å²) in [5.41, 5.74) is 2.07. The lowest BCUT2D eigenvalue weighted by Crippen LogP contribution is -2.44. The lowest BCUT2D eigenvalue weighted by Gasteiger charge is -2.33. The maximum Gasteiger partial charge on any atom is 0.410 e. The molecule has 1 amide bonds. The number of hydrogen-bond acceptors (Lipinski definition) is 9. The number of rotatable bonds is 8. The number of amides is 1. The number of hydrogen-bond donors (Lipinski definition) is 2. The number of nitrogens with one attached hydrogen (secondary N) is 1. The van der Waals surface area contributed by atoms with Crippen molar-refractivity contribution in [2.75, 3.05) is 37.0 Å². The molecule has 0 radical (unpaired) electrons. The second-order valence-corrected chi connectivity index (χ2v) is 12.8. The van der Waals surface area contributed by atoms with Crippen molar-refractivity contribution >= 4 is 47.1 Å². The van der Waals surface area contributed by atoms with E-state index in [1.807, 2.05) is 51.1 Å². The fourth-order valence-corrected chi connectivity index (χ4v) is 5.66.